The van der Waals surface area contributed by atoms with E-state index in [-0.39, 0.29) is 6.04 Å². The van der Waals surface area contributed by atoms with Gasteiger partial charge in [0.25, 0.3) is 0 Å². The first-order valence-electron chi connectivity index (χ1n) is 6.17. The largest absolute Gasteiger partial charge is 0.508 e. The molecule has 1 N–H and O–H groups in total. The molecule has 0 aliphatic heterocycles. The topological polar surface area (TPSA) is 23.5 Å². The van der Waals surface area contributed by atoms with Crippen molar-refractivity contribution in [3.8, 4) is 5.75 Å². The molecule has 0 bridgehead atoms. The van der Waals surface area contributed by atoms with E-state index in [1.54, 1.807) is 6.07 Å². The summed E-state index contributed by atoms with van der Waals surface area (Å²) in [5, 5.41) is 9.97. The van der Waals surface area contributed by atoms with Crippen LogP contribution in [0.4, 0.5) is 5.69 Å². The van der Waals surface area contributed by atoms with Crippen LogP contribution in [0.3, 0.4) is 0 Å². The van der Waals surface area contributed by atoms with E-state index in [9.17, 15) is 5.11 Å². The van der Waals surface area contributed by atoms with Crippen LogP contribution in [-0.2, 0) is 0 Å². The fraction of sp³-hybridized carbons (Fsp3) is 0.250. The smallest absolute Gasteiger partial charge is 0.120 e. The van der Waals surface area contributed by atoms with Gasteiger partial charge in [-0.05, 0) is 32.0 Å². The number of anilines is 1. The van der Waals surface area contributed by atoms with Gasteiger partial charge in [-0.1, -0.05) is 35.9 Å². The van der Waals surface area contributed by atoms with Gasteiger partial charge in [0.05, 0.1) is 6.04 Å². The Kier molecular flexibility index (Phi) is 3.56. The van der Waals surface area contributed by atoms with Gasteiger partial charge in [-0.2, -0.15) is 0 Å². The zero-order valence-electron chi connectivity index (χ0n) is 11.1. The number of aryl methyl sites for hydroxylation is 1. The fourth-order valence-corrected chi connectivity index (χ4v) is 2.10. The molecule has 2 rings (SSSR count). The Labute approximate surface area is 109 Å². The highest BCUT2D eigenvalue weighted by Gasteiger charge is 2.15. The molecule has 2 aromatic rings. The standard InChI is InChI=1S/C16H19NO/c1-12-9-10-16(18)15(11-12)13(2)17(3)14-7-5-4-6-8-14/h4-11,13,18H,1-3H3. The molecule has 94 valence electrons. The predicted molar refractivity (Wildman–Crippen MR) is 76.1 cm³/mol. The Morgan fingerprint density at radius 2 is 1.72 bits per heavy atom. The number of aromatic hydroxyl groups is 1. The van der Waals surface area contributed by atoms with E-state index in [1.165, 1.54) is 0 Å². The predicted octanol–water partition coefficient (Wildman–Crippen LogP) is 3.90. The highest BCUT2D eigenvalue weighted by Crippen LogP contribution is 2.31. The molecule has 1 unspecified atom stereocenters. The van der Waals surface area contributed by atoms with Gasteiger partial charge in [0.2, 0.25) is 0 Å². The van der Waals surface area contributed by atoms with Crippen LogP contribution >= 0.6 is 0 Å². The Hall–Kier alpha value is -1.96. The maximum Gasteiger partial charge on any atom is 0.120 e. The minimum atomic E-state index is 0.132. The van der Waals surface area contributed by atoms with E-state index < -0.39 is 0 Å². The van der Waals surface area contributed by atoms with Crippen molar-refractivity contribution in [1.82, 2.24) is 0 Å². The average molecular weight is 241 g/mol. The molecule has 0 saturated carbocycles. The number of hydrogen-bond donors (Lipinski definition) is 1. The van der Waals surface area contributed by atoms with Crippen LogP contribution in [0.2, 0.25) is 0 Å². The second-order valence-corrected chi connectivity index (χ2v) is 4.68. The van der Waals surface area contributed by atoms with Gasteiger partial charge < -0.3 is 10.0 Å². The minimum Gasteiger partial charge on any atom is -0.508 e. The SMILES string of the molecule is Cc1ccc(O)c(C(C)N(C)c2ccccc2)c1. The molecular formula is C16H19NO. The van der Waals surface area contributed by atoms with Gasteiger partial charge in [0, 0.05) is 18.3 Å². The Bertz CT molecular complexity index is 522. The third-order valence-electron chi connectivity index (χ3n) is 3.38. The van der Waals surface area contributed by atoms with Gasteiger partial charge in [-0.15, -0.1) is 0 Å². The first-order chi connectivity index (χ1) is 8.59. The molecule has 1 atom stereocenters. The number of nitrogens with zero attached hydrogens (tertiary/aromatic N) is 1. The summed E-state index contributed by atoms with van der Waals surface area (Å²) in [6, 6.07) is 16.1. The highest BCUT2D eigenvalue weighted by molar-refractivity contribution is 5.50. The maximum absolute atomic E-state index is 9.97. The molecule has 0 saturated heterocycles. The molecule has 0 heterocycles. The molecular weight excluding hydrogens is 222 g/mol. The number of phenols is 1. The third-order valence-corrected chi connectivity index (χ3v) is 3.38. The highest BCUT2D eigenvalue weighted by atomic mass is 16.3. The van der Waals surface area contributed by atoms with Crippen molar-refractivity contribution in [3.63, 3.8) is 0 Å². The summed E-state index contributed by atoms with van der Waals surface area (Å²) in [5.41, 5.74) is 3.27. The van der Waals surface area contributed by atoms with Crippen LogP contribution in [0.1, 0.15) is 24.1 Å². The van der Waals surface area contributed by atoms with Crippen LogP contribution in [0, 0.1) is 6.92 Å². The average Bonchev–Trinajstić information content (AvgIpc) is 2.41. The number of para-hydroxylation sites is 1. The second-order valence-electron chi connectivity index (χ2n) is 4.68. The maximum atomic E-state index is 9.97. The number of hydrogen-bond acceptors (Lipinski definition) is 2. The van der Waals surface area contributed by atoms with Crippen molar-refractivity contribution in [2.24, 2.45) is 0 Å². The molecule has 0 aliphatic rings. The third kappa shape index (κ3) is 2.48. The quantitative estimate of drug-likeness (QED) is 0.881. The van der Waals surface area contributed by atoms with Gasteiger partial charge in [0.15, 0.2) is 0 Å². The second kappa shape index (κ2) is 5.13. The van der Waals surface area contributed by atoms with E-state index in [0.717, 1.165) is 16.8 Å². The van der Waals surface area contributed by atoms with E-state index in [4.69, 9.17) is 0 Å². The lowest BCUT2D eigenvalue weighted by atomic mass is 10.0. The molecule has 0 aliphatic carbocycles. The summed E-state index contributed by atoms with van der Waals surface area (Å²) in [7, 11) is 2.04. The molecule has 0 fully saturated rings. The lowest BCUT2D eigenvalue weighted by molar-refractivity contribution is 0.462. The van der Waals surface area contributed by atoms with Crippen LogP contribution in [0.15, 0.2) is 48.5 Å². The van der Waals surface area contributed by atoms with E-state index >= 15 is 0 Å². The van der Waals surface area contributed by atoms with E-state index in [0.29, 0.717) is 5.75 Å². The van der Waals surface area contributed by atoms with Crippen LogP contribution < -0.4 is 4.90 Å². The van der Waals surface area contributed by atoms with Crippen LogP contribution in [-0.4, -0.2) is 12.2 Å². The van der Waals surface area contributed by atoms with Crippen molar-refractivity contribution in [3.05, 3.63) is 59.7 Å². The normalized spacial score (nSPS) is 12.2. The molecule has 2 aromatic carbocycles. The van der Waals surface area contributed by atoms with Crippen LogP contribution in [0.25, 0.3) is 0 Å². The first-order valence-corrected chi connectivity index (χ1v) is 6.17. The van der Waals surface area contributed by atoms with Gasteiger partial charge in [0.1, 0.15) is 5.75 Å². The zero-order valence-corrected chi connectivity index (χ0v) is 11.1. The zero-order chi connectivity index (χ0) is 13.1. The van der Waals surface area contributed by atoms with Crippen molar-refractivity contribution in [2.75, 3.05) is 11.9 Å². The van der Waals surface area contributed by atoms with Crippen molar-refractivity contribution < 1.29 is 5.11 Å². The Balaban J connectivity index is 2.31. The summed E-state index contributed by atoms with van der Waals surface area (Å²) in [6.45, 7) is 4.14. The minimum absolute atomic E-state index is 0.132. The summed E-state index contributed by atoms with van der Waals surface area (Å²) < 4.78 is 0. The number of rotatable bonds is 3. The Morgan fingerprint density at radius 1 is 1.06 bits per heavy atom. The lowest BCUT2D eigenvalue weighted by Crippen LogP contribution is -2.21. The summed E-state index contributed by atoms with van der Waals surface area (Å²) in [5.74, 6) is 0.357. The molecule has 2 heteroatoms. The summed E-state index contributed by atoms with van der Waals surface area (Å²) in [6.07, 6.45) is 0. The van der Waals surface area contributed by atoms with E-state index in [1.807, 2.05) is 44.3 Å². The van der Waals surface area contributed by atoms with Gasteiger partial charge in [-0.3, -0.25) is 0 Å². The number of phenolic OH excluding ortho intramolecular Hbond substituents is 1. The Morgan fingerprint density at radius 3 is 2.39 bits per heavy atom. The lowest BCUT2D eigenvalue weighted by Gasteiger charge is -2.28. The molecule has 0 radical (unpaired) electrons. The monoisotopic (exact) mass is 241 g/mol. The molecule has 2 nitrogen and oxygen atoms in total. The van der Waals surface area contributed by atoms with Crippen molar-refractivity contribution in [1.29, 1.82) is 0 Å². The molecule has 0 spiro atoms. The van der Waals surface area contributed by atoms with Crippen LogP contribution in [0.5, 0.6) is 5.75 Å². The summed E-state index contributed by atoms with van der Waals surface area (Å²) in [4.78, 5) is 2.16. The van der Waals surface area contributed by atoms with Crippen molar-refractivity contribution in [2.45, 2.75) is 19.9 Å². The van der Waals surface area contributed by atoms with Gasteiger partial charge >= 0.3 is 0 Å². The van der Waals surface area contributed by atoms with Gasteiger partial charge in [-0.25, -0.2) is 0 Å². The summed E-state index contributed by atoms with van der Waals surface area (Å²) >= 11 is 0. The van der Waals surface area contributed by atoms with E-state index in [2.05, 4.69) is 24.0 Å². The number of benzene rings is 2. The molecule has 0 aromatic heterocycles. The molecule has 18 heavy (non-hydrogen) atoms. The van der Waals surface area contributed by atoms with Crippen molar-refractivity contribution >= 4 is 5.69 Å². The molecule has 0 amide bonds. The first kappa shape index (κ1) is 12.5. The fourth-order valence-electron chi connectivity index (χ4n) is 2.10.